The summed E-state index contributed by atoms with van der Waals surface area (Å²) in [7, 11) is 0. The number of aliphatic hydroxyl groups excluding tert-OH is 1. The summed E-state index contributed by atoms with van der Waals surface area (Å²) < 4.78 is 0. The molecular weight excluding hydrogens is 276 g/mol. The van der Waals surface area contributed by atoms with Crippen molar-refractivity contribution in [3.8, 4) is 0 Å². The molecule has 0 bridgehead atoms. The molecule has 1 aromatic rings. The molecule has 0 spiro atoms. The maximum absolute atomic E-state index is 12.0. The van der Waals surface area contributed by atoms with Crippen molar-refractivity contribution in [2.24, 2.45) is 5.92 Å². The zero-order valence-electron chi connectivity index (χ0n) is 11.7. The van der Waals surface area contributed by atoms with Gasteiger partial charge in [-0.15, -0.1) is 12.4 Å². The molecule has 20 heavy (non-hydrogen) atoms. The first-order chi connectivity index (χ1) is 9.16. The number of hydrogen-bond acceptors (Lipinski definition) is 3. The first-order valence-electron chi connectivity index (χ1n) is 6.91. The van der Waals surface area contributed by atoms with E-state index in [4.69, 9.17) is 0 Å². The highest BCUT2D eigenvalue weighted by Crippen LogP contribution is 2.17. The van der Waals surface area contributed by atoms with E-state index in [9.17, 15) is 9.90 Å². The third-order valence-corrected chi connectivity index (χ3v) is 3.65. The van der Waals surface area contributed by atoms with E-state index in [2.05, 4.69) is 17.6 Å². The van der Waals surface area contributed by atoms with Crippen molar-refractivity contribution in [1.29, 1.82) is 0 Å². The summed E-state index contributed by atoms with van der Waals surface area (Å²) in [5.74, 6) is 0.127. The molecule has 1 aliphatic rings. The van der Waals surface area contributed by atoms with E-state index in [1.807, 2.05) is 30.3 Å². The minimum atomic E-state index is -0.635. The molecule has 1 heterocycles. The van der Waals surface area contributed by atoms with E-state index in [1.54, 1.807) is 0 Å². The number of piperidine rings is 1. The molecule has 3 atom stereocenters. The SMILES string of the molecule is C[C@H]1C[C@@H](C(=O)NCC(O)c2ccccc2)CCN1.Cl. The average Bonchev–Trinajstić information content (AvgIpc) is 2.45. The van der Waals surface area contributed by atoms with Gasteiger partial charge in [-0.05, 0) is 31.9 Å². The maximum Gasteiger partial charge on any atom is 0.223 e. The first kappa shape index (κ1) is 17.0. The molecule has 1 amide bonds. The van der Waals surface area contributed by atoms with Crippen molar-refractivity contribution < 1.29 is 9.90 Å². The largest absolute Gasteiger partial charge is 0.387 e. The van der Waals surface area contributed by atoms with Crippen molar-refractivity contribution in [3.63, 3.8) is 0 Å². The molecule has 2 rings (SSSR count). The number of benzene rings is 1. The van der Waals surface area contributed by atoms with Gasteiger partial charge in [0.1, 0.15) is 0 Å². The quantitative estimate of drug-likeness (QED) is 0.792. The van der Waals surface area contributed by atoms with Crippen LogP contribution in [0.15, 0.2) is 30.3 Å². The molecule has 0 saturated carbocycles. The summed E-state index contributed by atoms with van der Waals surface area (Å²) in [5.41, 5.74) is 0.835. The predicted molar refractivity (Wildman–Crippen MR) is 81.8 cm³/mol. The van der Waals surface area contributed by atoms with Crippen LogP contribution in [0.25, 0.3) is 0 Å². The lowest BCUT2D eigenvalue weighted by molar-refractivity contribution is -0.126. The lowest BCUT2D eigenvalue weighted by Crippen LogP contribution is -2.43. The highest BCUT2D eigenvalue weighted by Gasteiger charge is 2.24. The van der Waals surface area contributed by atoms with Crippen molar-refractivity contribution in [2.75, 3.05) is 13.1 Å². The topological polar surface area (TPSA) is 61.4 Å². The van der Waals surface area contributed by atoms with E-state index in [1.165, 1.54) is 0 Å². The molecule has 0 aliphatic carbocycles. The second kappa shape index (κ2) is 8.25. The molecule has 5 heteroatoms. The number of carbonyl (C=O) groups excluding carboxylic acids is 1. The van der Waals surface area contributed by atoms with E-state index in [0.717, 1.165) is 24.9 Å². The van der Waals surface area contributed by atoms with Crippen molar-refractivity contribution in [3.05, 3.63) is 35.9 Å². The zero-order chi connectivity index (χ0) is 13.7. The van der Waals surface area contributed by atoms with Crippen molar-refractivity contribution in [1.82, 2.24) is 10.6 Å². The van der Waals surface area contributed by atoms with Crippen LogP contribution in [0.5, 0.6) is 0 Å². The predicted octanol–water partition coefficient (Wildman–Crippen LogP) is 1.65. The van der Waals surface area contributed by atoms with Gasteiger partial charge in [-0.1, -0.05) is 30.3 Å². The van der Waals surface area contributed by atoms with Gasteiger partial charge in [0, 0.05) is 18.5 Å². The van der Waals surface area contributed by atoms with Gasteiger partial charge in [0.15, 0.2) is 0 Å². The molecule has 1 aliphatic heterocycles. The molecule has 4 nitrogen and oxygen atoms in total. The second-order valence-corrected chi connectivity index (χ2v) is 5.25. The molecule has 0 radical (unpaired) electrons. The van der Waals surface area contributed by atoms with Gasteiger partial charge in [-0.3, -0.25) is 4.79 Å². The summed E-state index contributed by atoms with van der Waals surface area (Å²) >= 11 is 0. The van der Waals surface area contributed by atoms with Gasteiger partial charge in [-0.2, -0.15) is 0 Å². The van der Waals surface area contributed by atoms with Crippen LogP contribution in [-0.2, 0) is 4.79 Å². The van der Waals surface area contributed by atoms with Crippen LogP contribution >= 0.6 is 12.4 Å². The molecule has 0 aromatic heterocycles. The smallest absolute Gasteiger partial charge is 0.223 e. The number of amides is 1. The summed E-state index contributed by atoms with van der Waals surface area (Å²) in [5, 5.41) is 16.2. The standard InChI is InChI=1S/C15H22N2O2.ClH/c1-11-9-13(7-8-16-11)15(19)17-10-14(18)12-5-3-2-4-6-12;/h2-6,11,13-14,16,18H,7-10H2,1H3,(H,17,19);1H/t11-,13-,14?;/m0./s1. The minimum absolute atomic E-state index is 0. The fourth-order valence-electron chi connectivity index (χ4n) is 2.50. The Kier molecular flexibility index (Phi) is 6.99. The van der Waals surface area contributed by atoms with E-state index in [-0.39, 0.29) is 30.8 Å². The maximum atomic E-state index is 12.0. The number of nitrogens with one attached hydrogen (secondary N) is 2. The minimum Gasteiger partial charge on any atom is -0.387 e. The second-order valence-electron chi connectivity index (χ2n) is 5.25. The Labute approximate surface area is 126 Å². The average molecular weight is 299 g/mol. The Hall–Kier alpha value is -1.10. The van der Waals surface area contributed by atoms with Crippen LogP contribution in [0.3, 0.4) is 0 Å². The van der Waals surface area contributed by atoms with Crippen LogP contribution in [-0.4, -0.2) is 30.1 Å². The lowest BCUT2D eigenvalue weighted by Gasteiger charge is -2.27. The van der Waals surface area contributed by atoms with Crippen LogP contribution in [0.1, 0.15) is 31.4 Å². The first-order valence-corrected chi connectivity index (χ1v) is 6.91. The molecule has 1 unspecified atom stereocenters. The monoisotopic (exact) mass is 298 g/mol. The summed E-state index contributed by atoms with van der Waals surface area (Å²) in [6, 6.07) is 9.80. The van der Waals surface area contributed by atoms with Gasteiger partial charge >= 0.3 is 0 Å². The number of carbonyl (C=O) groups is 1. The normalized spacial score (nSPS) is 23.5. The molecule has 112 valence electrons. The fraction of sp³-hybridized carbons (Fsp3) is 0.533. The van der Waals surface area contributed by atoms with Crippen LogP contribution in [0, 0.1) is 5.92 Å². The molecular formula is C15H23ClN2O2. The molecule has 3 N–H and O–H groups in total. The third kappa shape index (κ3) is 4.78. The number of halogens is 1. The Morgan fingerprint density at radius 1 is 1.45 bits per heavy atom. The van der Waals surface area contributed by atoms with Crippen molar-refractivity contribution in [2.45, 2.75) is 31.9 Å². The molecule has 1 aromatic carbocycles. The van der Waals surface area contributed by atoms with E-state index in [0.29, 0.717) is 6.04 Å². The number of rotatable bonds is 4. The van der Waals surface area contributed by atoms with Gasteiger partial charge < -0.3 is 15.7 Å². The van der Waals surface area contributed by atoms with Gasteiger partial charge in [0.2, 0.25) is 5.91 Å². The third-order valence-electron chi connectivity index (χ3n) is 3.65. The van der Waals surface area contributed by atoms with Crippen LogP contribution in [0.4, 0.5) is 0 Å². The highest BCUT2D eigenvalue weighted by molar-refractivity contribution is 5.85. The number of hydrogen-bond donors (Lipinski definition) is 3. The lowest BCUT2D eigenvalue weighted by atomic mass is 9.92. The van der Waals surface area contributed by atoms with Crippen LogP contribution in [0.2, 0.25) is 0 Å². The highest BCUT2D eigenvalue weighted by atomic mass is 35.5. The Morgan fingerprint density at radius 2 is 2.15 bits per heavy atom. The molecule has 1 saturated heterocycles. The fourth-order valence-corrected chi connectivity index (χ4v) is 2.50. The Morgan fingerprint density at radius 3 is 2.80 bits per heavy atom. The van der Waals surface area contributed by atoms with Gasteiger partial charge in [0.25, 0.3) is 0 Å². The summed E-state index contributed by atoms with van der Waals surface area (Å²) in [6.45, 7) is 3.26. The van der Waals surface area contributed by atoms with Gasteiger partial charge in [-0.25, -0.2) is 0 Å². The Bertz CT molecular complexity index is 414. The summed E-state index contributed by atoms with van der Waals surface area (Å²) in [4.78, 5) is 12.0. The van der Waals surface area contributed by atoms with Crippen molar-refractivity contribution >= 4 is 18.3 Å². The van der Waals surface area contributed by atoms with Gasteiger partial charge in [0.05, 0.1) is 6.10 Å². The Balaban J connectivity index is 0.00000200. The zero-order valence-corrected chi connectivity index (χ0v) is 12.5. The van der Waals surface area contributed by atoms with E-state index >= 15 is 0 Å². The van der Waals surface area contributed by atoms with E-state index < -0.39 is 6.10 Å². The number of aliphatic hydroxyl groups is 1. The van der Waals surface area contributed by atoms with Crippen LogP contribution < -0.4 is 10.6 Å². The summed E-state index contributed by atoms with van der Waals surface area (Å²) in [6.07, 6.45) is 1.11. The molecule has 1 fully saturated rings.